The smallest absolute Gasteiger partial charge is 0.0549 e. The second-order valence-corrected chi connectivity index (χ2v) is 2.95. The minimum absolute atomic E-state index is 1.19. The van der Waals surface area contributed by atoms with Crippen LogP contribution in [-0.4, -0.2) is 9.97 Å². The SMILES string of the molecule is c1cc2c(ccc3cc[nH]c32)[nH]1. The highest BCUT2D eigenvalue weighted by molar-refractivity contribution is 6.04. The van der Waals surface area contributed by atoms with Crippen molar-refractivity contribution in [2.45, 2.75) is 0 Å². The summed E-state index contributed by atoms with van der Waals surface area (Å²) in [5.74, 6) is 0. The average Bonchev–Trinajstić information content (AvgIpc) is 2.71. The monoisotopic (exact) mass is 156 g/mol. The standard InChI is InChI=1S/C10H8N2/c1-2-9-8(4-6-11-9)10-7(1)3-5-12-10/h1-6,11-12H. The zero-order valence-corrected chi connectivity index (χ0v) is 6.46. The highest BCUT2D eigenvalue weighted by atomic mass is 14.7. The number of hydrogen-bond donors (Lipinski definition) is 2. The van der Waals surface area contributed by atoms with E-state index in [2.05, 4.69) is 34.2 Å². The third-order valence-corrected chi connectivity index (χ3v) is 2.26. The molecule has 0 aliphatic carbocycles. The van der Waals surface area contributed by atoms with Gasteiger partial charge >= 0.3 is 0 Å². The maximum atomic E-state index is 3.23. The first-order chi connectivity index (χ1) is 5.95. The van der Waals surface area contributed by atoms with Gasteiger partial charge in [0.2, 0.25) is 0 Å². The van der Waals surface area contributed by atoms with Crippen molar-refractivity contribution in [3.63, 3.8) is 0 Å². The van der Waals surface area contributed by atoms with Crippen molar-refractivity contribution >= 4 is 21.8 Å². The fourth-order valence-corrected chi connectivity index (χ4v) is 1.66. The number of H-pyrrole nitrogens is 2. The molecule has 0 aliphatic heterocycles. The van der Waals surface area contributed by atoms with Gasteiger partial charge in [0.15, 0.2) is 0 Å². The number of rotatable bonds is 0. The van der Waals surface area contributed by atoms with E-state index >= 15 is 0 Å². The Hall–Kier alpha value is -1.70. The van der Waals surface area contributed by atoms with Gasteiger partial charge in [0.1, 0.15) is 0 Å². The number of benzene rings is 1. The molecule has 1 aromatic carbocycles. The van der Waals surface area contributed by atoms with E-state index in [1.165, 1.54) is 21.8 Å². The summed E-state index contributed by atoms with van der Waals surface area (Å²) in [7, 11) is 0. The number of hydrogen-bond acceptors (Lipinski definition) is 0. The zero-order chi connectivity index (χ0) is 7.97. The lowest BCUT2D eigenvalue weighted by molar-refractivity contribution is 1.48. The molecule has 3 rings (SSSR count). The lowest BCUT2D eigenvalue weighted by atomic mass is 10.2. The summed E-state index contributed by atoms with van der Waals surface area (Å²) in [4.78, 5) is 6.41. The van der Waals surface area contributed by atoms with E-state index in [-0.39, 0.29) is 0 Å². The number of nitrogens with one attached hydrogen (secondary N) is 2. The average molecular weight is 156 g/mol. The van der Waals surface area contributed by atoms with Gasteiger partial charge < -0.3 is 9.97 Å². The molecule has 0 aliphatic rings. The first kappa shape index (κ1) is 5.89. The maximum Gasteiger partial charge on any atom is 0.0549 e. The Morgan fingerprint density at radius 3 is 2.75 bits per heavy atom. The molecule has 0 bridgehead atoms. The van der Waals surface area contributed by atoms with Crippen LogP contribution in [0.3, 0.4) is 0 Å². The Morgan fingerprint density at radius 2 is 1.75 bits per heavy atom. The van der Waals surface area contributed by atoms with E-state index in [0.29, 0.717) is 0 Å². The quantitative estimate of drug-likeness (QED) is 0.501. The molecule has 58 valence electrons. The van der Waals surface area contributed by atoms with E-state index in [1.54, 1.807) is 0 Å². The van der Waals surface area contributed by atoms with E-state index in [4.69, 9.17) is 0 Å². The summed E-state index contributed by atoms with van der Waals surface area (Å²) in [6.07, 6.45) is 3.93. The maximum absolute atomic E-state index is 3.23. The van der Waals surface area contributed by atoms with Crippen molar-refractivity contribution in [1.82, 2.24) is 9.97 Å². The number of aromatic nitrogens is 2. The zero-order valence-electron chi connectivity index (χ0n) is 6.46. The Kier molecular flexibility index (Phi) is 0.939. The lowest BCUT2D eigenvalue weighted by Crippen LogP contribution is -1.69. The summed E-state index contributed by atoms with van der Waals surface area (Å²) in [5.41, 5.74) is 2.40. The molecule has 3 aromatic rings. The molecule has 2 heteroatoms. The van der Waals surface area contributed by atoms with Crippen LogP contribution in [0.5, 0.6) is 0 Å². The number of aromatic amines is 2. The van der Waals surface area contributed by atoms with E-state index < -0.39 is 0 Å². The van der Waals surface area contributed by atoms with Gasteiger partial charge in [0.25, 0.3) is 0 Å². The second-order valence-electron chi connectivity index (χ2n) is 2.95. The first-order valence-corrected chi connectivity index (χ1v) is 3.98. The van der Waals surface area contributed by atoms with Gasteiger partial charge in [-0.2, -0.15) is 0 Å². The minimum atomic E-state index is 1.19. The Balaban J connectivity index is 2.71. The predicted octanol–water partition coefficient (Wildman–Crippen LogP) is 2.65. The Labute approximate surface area is 69.2 Å². The highest BCUT2D eigenvalue weighted by Crippen LogP contribution is 2.22. The van der Waals surface area contributed by atoms with Gasteiger partial charge in [-0.1, -0.05) is 6.07 Å². The van der Waals surface area contributed by atoms with Crippen LogP contribution in [-0.2, 0) is 0 Å². The van der Waals surface area contributed by atoms with Crippen LogP contribution in [0.15, 0.2) is 36.7 Å². The molecule has 0 atom stereocenters. The highest BCUT2D eigenvalue weighted by Gasteiger charge is 1.99. The van der Waals surface area contributed by atoms with Crippen molar-refractivity contribution in [2.75, 3.05) is 0 Å². The van der Waals surface area contributed by atoms with Crippen LogP contribution in [0.2, 0.25) is 0 Å². The topological polar surface area (TPSA) is 31.6 Å². The summed E-state index contributed by atoms with van der Waals surface area (Å²) in [6, 6.07) is 8.39. The fraction of sp³-hybridized carbons (Fsp3) is 0. The van der Waals surface area contributed by atoms with Gasteiger partial charge in [0.05, 0.1) is 5.52 Å². The normalized spacial score (nSPS) is 11.3. The molecule has 2 N–H and O–H groups in total. The molecular formula is C10H8N2. The van der Waals surface area contributed by atoms with Crippen molar-refractivity contribution in [3.8, 4) is 0 Å². The molecule has 2 aromatic heterocycles. The predicted molar refractivity (Wildman–Crippen MR) is 50.2 cm³/mol. The second kappa shape index (κ2) is 1.91. The molecule has 0 saturated carbocycles. The van der Waals surface area contributed by atoms with Crippen LogP contribution >= 0.6 is 0 Å². The van der Waals surface area contributed by atoms with Crippen molar-refractivity contribution in [3.05, 3.63) is 36.7 Å². The van der Waals surface area contributed by atoms with Gasteiger partial charge in [-0.25, -0.2) is 0 Å². The van der Waals surface area contributed by atoms with Crippen molar-refractivity contribution < 1.29 is 0 Å². The summed E-state index contributed by atoms with van der Waals surface area (Å²) >= 11 is 0. The summed E-state index contributed by atoms with van der Waals surface area (Å²) < 4.78 is 0. The first-order valence-electron chi connectivity index (χ1n) is 3.98. The molecule has 2 heterocycles. The minimum Gasteiger partial charge on any atom is -0.361 e. The Bertz CT molecular complexity index is 481. The fourth-order valence-electron chi connectivity index (χ4n) is 1.66. The van der Waals surface area contributed by atoms with Gasteiger partial charge in [0, 0.05) is 28.7 Å². The van der Waals surface area contributed by atoms with E-state index in [0.717, 1.165) is 0 Å². The molecule has 12 heavy (non-hydrogen) atoms. The summed E-state index contributed by atoms with van der Waals surface area (Å²) in [5, 5.41) is 2.53. The number of fused-ring (bicyclic) bond motifs is 3. The van der Waals surface area contributed by atoms with E-state index in [9.17, 15) is 0 Å². The van der Waals surface area contributed by atoms with Gasteiger partial charge in [-0.15, -0.1) is 0 Å². The molecule has 0 spiro atoms. The van der Waals surface area contributed by atoms with Gasteiger partial charge in [-0.05, 0) is 18.2 Å². The van der Waals surface area contributed by atoms with Gasteiger partial charge in [-0.3, -0.25) is 0 Å². The van der Waals surface area contributed by atoms with Crippen LogP contribution in [0.4, 0.5) is 0 Å². The molecule has 0 saturated heterocycles. The molecule has 0 radical (unpaired) electrons. The summed E-state index contributed by atoms with van der Waals surface area (Å²) in [6.45, 7) is 0. The van der Waals surface area contributed by atoms with E-state index in [1.807, 2.05) is 12.4 Å². The largest absolute Gasteiger partial charge is 0.361 e. The lowest BCUT2D eigenvalue weighted by Gasteiger charge is -1.91. The van der Waals surface area contributed by atoms with Crippen molar-refractivity contribution in [1.29, 1.82) is 0 Å². The molecule has 0 unspecified atom stereocenters. The van der Waals surface area contributed by atoms with Crippen LogP contribution in [0, 0.1) is 0 Å². The Morgan fingerprint density at radius 1 is 0.833 bits per heavy atom. The van der Waals surface area contributed by atoms with Crippen LogP contribution in [0.1, 0.15) is 0 Å². The van der Waals surface area contributed by atoms with Crippen LogP contribution in [0.25, 0.3) is 21.8 Å². The third-order valence-electron chi connectivity index (χ3n) is 2.26. The molecular weight excluding hydrogens is 148 g/mol. The third kappa shape index (κ3) is 0.593. The molecule has 0 fully saturated rings. The van der Waals surface area contributed by atoms with Crippen molar-refractivity contribution in [2.24, 2.45) is 0 Å². The van der Waals surface area contributed by atoms with Crippen LogP contribution < -0.4 is 0 Å². The molecule has 0 amide bonds. The molecule has 2 nitrogen and oxygen atoms in total.